The summed E-state index contributed by atoms with van der Waals surface area (Å²) in [6.07, 6.45) is 7.59. The van der Waals surface area contributed by atoms with Gasteiger partial charge >= 0.3 is 0 Å². The minimum absolute atomic E-state index is 0.571. The highest BCUT2D eigenvalue weighted by molar-refractivity contribution is 6.04. The Morgan fingerprint density at radius 1 is 0.283 bits per heavy atom. The fourth-order valence-corrected chi connectivity index (χ4v) is 7.99. The summed E-state index contributed by atoms with van der Waals surface area (Å²) in [5.41, 5.74) is 12.3. The van der Waals surface area contributed by atoms with Gasteiger partial charge in [-0.25, -0.2) is 0 Å². The second-order valence-corrected chi connectivity index (χ2v) is 13.5. The number of hydrogen-bond donors (Lipinski definition) is 0. The summed E-state index contributed by atoms with van der Waals surface area (Å²) in [4.78, 5) is 19.0. The molecule has 10 rings (SSSR count). The molecule has 4 aromatic heterocycles. The summed E-state index contributed by atoms with van der Waals surface area (Å²) in [5.74, 6) is 0. The van der Waals surface area contributed by atoms with Crippen molar-refractivity contribution in [2.45, 2.75) is 5.41 Å². The maximum atomic E-state index is 4.89. The summed E-state index contributed by atoms with van der Waals surface area (Å²) in [6.45, 7) is 0. The average molecular weight is 677 g/mol. The quantitative estimate of drug-likeness (QED) is 0.130. The van der Waals surface area contributed by atoms with Crippen molar-refractivity contribution < 1.29 is 0 Å². The van der Waals surface area contributed by atoms with Gasteiger partial charge in [0, 0.05) is 57.5 Å². The standard InChI is InChI=1S/C49H32N4/c1-3-11-41(12-4-1)49(42-13-5-2-6-14-42,43-23-19-33(20-24-43)39-29-37-17-15-35-9-7-27-50-45(35)47(37)52-31-39)44-25-21-34(22-26-44)40-30-38-18-16-36-10-8-28-51-46(36)48(38)53-32-40/h1-32H. The molecule has 0 aliphatic carbocycles. The third kappa shape index (κ3) is 5.15. The monoisotopic (exact) mass is 676 g/mol. The normalized spacial score (nSPS) is 11.8. The molecule has 4 nitrogen and oxygen atoms in total. The third-order valence-corrected chi connectivity index (χ3v) is 10.6. The predicted molar refractivity (Wildman–Crippen MR) is 217 cm³/mol. The molecule has 0 atom stereocenters. The molecule has 4 heteroatoms. The zero-order valence-corrected chi connectivity index (χ0v) is 28.8. The van der Waals surface area contributed by atoms with Crippen molar-refractivity contribution in [3.8, 4) is 22.3 Å². The molecular formula is C49H32N4. The van der Waals surface area contributed by atoms with Gasteiger partial charge in [-0.3, -0.25) is 19.9 Å². The van der Waals surface area contributed by atoms with E-state index in [1.807, 2.05) is 36.9 Å². The van der Waals surface area contributed by atoms with E-state index in [2.05, 4.69) is 168 Å². The van der Waals surface area contributed by atoms with E-state index in [-0.39, 0.29) is 0 Å². The van der Waals surface area contributed by atoms with Gasteiger partial charge in [-0.1, -0.05) is 146 Å². The number of aromatic nitrogens is 4. The molecule has 0 fully saturated rings. The Kier molecular flexibility index (Phi) is 7.33. The SMILES string of the molecule is c1ccc(C(c2ccccc2)(c2ccc(-c3cnc4c(ccc5cccnc54)c3)cc2)c2ccc(-c3cnc4c(ccc5cccnc54)c3)cc2)cc1. The number of fused-ring (bicyclic) bond motifs is 6. The van der Waals surface area contributed by atoms with Crippen LogP contribution in [0.5, 0.6) is 0 Å². The highest BCUT2D eigenvalue weighted by Crippen LogP contribution is 2.46. The van der Waals surface area contributed by atoms with E-state index in [0.717, 1.165) is 65.9 Å². The Morgan fingerprint density at radius 3 is 1.09 bits per heavy atom. The lowest BCUT2D eigenvalue weighted by Gasteiger charge is -2.37. The minimum Gasteiger partial charge on any atom is -0.254 e. The van der Waals surface area contributed by atoms with E-state index in [4.69, 9.17) is 9.97 Å². The van der Waals surface area contributed by atoms with Crippen LogP contribution in [0.3, 0.4) is 0 Å². The molecule has 6 aromatic carbocycles. The molecule has 0 saturated heterocycles. The molecule has 0 aliphatic rings. The Labute approximate surface area is 307 Å². The second-order valence-electron chi connectivity index (χ2n) is 13.5. The van der Waals surface area contributed by atoms with Crippen molar-refractivity contribution in [3.63, 3.8) is 0 Å². The smallest absolute Gasteiger partial charge is 0.0964 e. The lowest BCUT2D eigenvalue weighted by atomic mass is 9.65. The van der Waals surface area contributed by atoms with Gasteiger partial charge in [0.05, 0.1) is 27.5 Å². The van der Waals surface area contributed by atoms with E-state index in [0.29, 0.717) is 0 Å². The largest absolute Gasteiger partial charge is 0.254 e. The van der Waals surface area contributed by atoms with E-state index in [1.54, 1.807) is 0 Å². The Bertz CT molecular complexity index is 2720. The van der Waals surface area contributed by atoms with Crippen LogP contribution in [0.1, 0.15) is 22.3 Å². The minimum atomic E-state index is -0.571. The van der Waals surface area contributed by atoms with Crippen LogP contribution in [0.4, 0.5) is 0 Å². The molecule has 0 radical (unpaired) electrons. The van der Waals surface area contributed by atoms with Crippen molar-refractivity contribution in [1.29, 1.82) is 0 Å². The van der Waals surface area contributed by atoms with E-state index in [1.165, 1.54) is 22.3 Å². The van der Waals surface area contributed by atoms with Gasteiger partial charge in [-0.05, 0) is 57.6 Å². The lowest BCUT2D eigenvalue weighted by Crippen LogP contribution is -2.31. The van der Waals surface area contributed by atoms with Crippen molar-refractivity contribution >= 4 is 43.6 Å². The highest BCUT2D eigenvalue weighted by Gasteiger charge is 2.38. The van der Waals surface area contributed by atoms with Gasteiger partial charge in [0.2, 0.25) is 0 Å². The van der Waals surface area contributed by atoms with Crippen molar-refractivity contribution in [2.75, 3.05) is 0 Å². The molecule has 0 saturated carbocycles. The number of hydrogen-bond acceptors (Lipinski definition) is 4. The first-order valence-corrected chi connectivity index (χ1v) is 17.9. The number of nitrogens with zero attached hydrogens (tertiary/aromatic N) is 4. The third-order valence-electron chi connectivity index (χ3n) is 10.6. The fourth-order valence-electron chi connectivity index (χ4n) is 7.99. The van der Waals surface area contributed by atoms with Gasteiger partial charge in [-0.2, -0.15) is 0 Å². The number of benzene rings is 6. The van der Waals surface area contributed by atoms with Crippen LogP contribution in [0, 0.1) is 0 Å². The lowest BCUT2D eigenvalue weighted by molar-refractivity contribution is 0.745. The Balaban J connectivity index is 1.09. The van der Waals surface area contributed by atoms with E-state index in [9.17, 15) is 0 Å². The molecule has 0 spiro atoms. The van der Waals surface area contributed by atoms with Gasteiger partial charge in [0.1, 0.15) is 0 Å². The van der Waals surface area contributed by atoms with Crippen molar-refractivity contribution in [2.24, 2.45) is 0 Å². The molecular weight excluding hydrogens is 645 g/mol. The van der Waals surface area contributed by atoms with Crippen LogP contribution in [0.25, 0.3) is 65.9 Å². The Hall–Kier alpha value is -7.04. The molecule has 53 heavy (non-hydrogen) atoms. The van der Waals surface area contributed by atoms with Crippen LogP contribution in [-0.2, 0) is 5.41 Å². The molecule has 0 amide bonds. The fraction of sp³-hybridized carbons (Fsp3) is 0.0204. The molecule has 4 heterocycles. The van der Waals surface area contributed by atoms with Crippen LogP contribution in [0.2, 0.25) is 0 Å². The van der Waals surface area contributed by atoms with Gasteiger partial charge < -0.3 is 0 Å². The van der Waals surface area contributed by atoms with Crippen LogP contribution in [-0.4, -0.2) is 19.9 Å². The number of pyridine rings is 4. The van der Waals surface area contributed by atoms with Crippen molar-refractivity contribution in [1.82, 2.24) is 19.9 Å². The summed E-state index contributed by atoms with van der Waals surface area (Å²) >= 11 is 0. The average Bonchev–Trinajstić information content (AvgIpc) is 3.25. The maximum Gasteiger partial charge on any atom is 0.0964 e. The zero-order valence-electron chi connectivity index (χ0n) is 28.8. The summed E-state index contributed by atoms with van der Waals surface area (Å²) in [6, 6.07) is 60.7. The van der Waals surface area contributed by atoms with Gasteiger partial charge in [-0.15, -0.1) is 0 Å². The maximum absolute atomic E-state index is 4.89. The predicted octanol–water partition coefficient (Wildman–Crippen LogP) is 11.6. The molecule has 0 bridgehead atoms. The molecule has 0 unspecified atom stereocenters. The van der Waals surface area contributed by atoms with Crippen LogP contribution >= 0.6 is 0 Å². The summed E-state index contributed by atoms with van der Waals surface area (Å²) in [5, 5.41) is 4.34. The van der Waals surface area contributed by atoms with E-state index >= 15 is 0 Å². The summed E-state index contributed by atoms with van der Waals surface area (Å²) in [7, 11) is 0. The molecule has 10 aromatic rings. The van der Waals surface area contributed by atoms with E-state index < -0.39 is 5.41 Å². The van der Waals surface area contributed by atoms with Gasteiger partial charge in [0.15, 0.2) is 0 Å². The summed E-state index contributed by atoms with van der Waals surface area (Å²) < 4.78 is 0. The van der Waals surface area contributed by atoms with Crippen LogP contribution in [0.15, 0.2) is 195 Å². The van der Waals surface area contributed by atoms with Gasteiger partial charge in [0.25, 0.3) is 0 Å². The molecule has 0 aliphatic heterocycles. The van der Waals surface area contributed by atoms with Crippen LogP contribution < -0.4 is 0 Å². The zero-order chi connectivity index (χ0) is 35.2. The first kappa shape index (κ1) is 30.8. The first-order chi connectivity index (χ1) is 26.3. The first-order valence-electron chi connectivity index (χ1n) is 17.9. The Morgan fingerprint density at radius 2 is 0.660 bits per heavy atom. The topological polar surface area (TPSA) is 51.6 Å². The van der Waals surface area contributed by atoms with Crippen molar-refractivity contribution in [3.05, 3.63) is 217 Å². The molecule has 0 N–H and O–H groups in total. The second kappa shape index (κ2) is 12.6. The number of rotatable bonds is 6. The molecule has 248 valence electrons. The highest BCUT2D eigenvalue weighted by atomic mass is 14.7.